The minimum Gasteiger partial charge on any atom is -0.465 e. The highest BCUT2D eigenvalue weighted by Gasteiger charge is 2.26. The molecule has 2 aromatic carbocycles. The fourth-order valence-corrected chi connectivity index (χ4v) is 3.53. The normalized spacial score (nSPS) is 12.8. The van der Waals surface area contributed by atoms with Crippen molar-refractivity contribution in [3.8, 4) is 0 Å². The summed E-state index contributed by atoms with van der Waals surface area (Å²) in [7, 11) is 0. The molecule has 3 rings (SSSR count). The fourth-order valence-electron chi connectivity index (χ4n) is 3.53. The molecule has 0 aliphatic rings. The van der Waals surface area contributed by atoms with E-state index in [4.69, 9.17) is 9.52 Å². The largest absolute Gasteiger partial charge is 0.465 e. The van der Waals surface area contributed by atoms with Crippen molar-refractivity contribution in [1.29, 1.82) is 0 Å². The number of nitrogens with one attached hydrogen (secondary N) is 2. The number of Topliss-reactive ketones (excluding diaryl/α,β-unsaturated/α-hetero) is 1. The third-order valence-corrected chi connectivity index (χ3v) is 5.23. The molecule has 8 nitrogen and oxygen atoms in total. The second-order valence-corrected chi connectivity index (χ2v) is 7.78. The molecule has 168 valence electrons. The topological polar surface area (TPSA) is 122 Å². The zero-order valence-corrected chi connectivity index (χ0v) is 17.9. The highest BCUT2D eigenvalue weighted by atomic mass is 16.4. The summed E-state index contributed by atoms with van der Waals surface area (Å²) in [4.78, 5) is 40.3. The molecular formula is C24H27N3O5. The third kappa shape index (κ3) is 6.41. The summed E-state index contributed by atoms with van der Waals surface area (Å²) >= 11 is 0. The first-order valence-corrected chi connectivity index (χ1v) is 10.6. The van der Waals surface area contributed by atoms with E-state index in [1.807, 2.05) is 49.4 Å². The van der Waals surface area contributed by atoms with Gasteiger partial charge in [0.2, 0.25) is 11.7 Å². The lowest BCUT2D eigenvalue weighted by atomic mass is 9.91. The fraction of sp³-hybridized carbons (Fsp3) is 0.333. The number of carbonyl (C=O) groups excluding carboxylic acids is 2. The lowest BCUT2D eigenvalue weighted by Crippen LogP contribution is -2.29. The van der Waals surface area contributed by atoms with Crippen LogP contribution in [0.5, 0.6) is 0 Å². The SMILES string of the molecule is CC(CCNC(=O)O)CC(=O)NCCC(C(=O)c1nc2ccccc2o1)c1ccccc1. The number of ketones is 1. The Labute approximate surface area is 186 Å². The van der Waals surface area contributed by atoms with E-state index in [1.54, 1.807) is 12.1 Å². The van der Waals surface area contributed by atoms with Crippen molar-refractivity contribution in [2.24, 2.45) is 5.92 Å². The van der Waals surface area contributed by atoms with E-state index in [2.05, 4.69) is 15.6 Å². The van der Waals surface area contributed by atoms with Crippen LogP contribution in [0, 0.1) is 5.92 Å². The second-order valence-electron chi connectivity index (χ2n) is 7.78. The van der Waals surface area contributed by atoms with Crippen molar-refractivity contribution in [3.05, 3.63) is 66.1 Å². The van der Waals surface area contributed by atoms with E-state index in [9.17, 15) is 14.4 Å². The number of carboxylic acid groups (broad SMARTS) is 1. The van der Waals surface area contributed by atoms with E-state index in [1.165, 1.54) is 0 Å². The highest BCUT2D eigenvalue weighted by Crippen LogP contribution is 2.26. The van der Waals surface area contributed by atoms with Crippen molar-refractivity contribution in [2.75, 3.05) is 13.1 Å². The quantitative estimate of drug-likeness (QED) is 0.390. The maximum atomic E-state index is 13.2. The Morgan fingerprint density at radius 1 is 0.969 bits per heavy atom. The van der Waals surface area contributed by atoms with E-state index < -0.39 is 12.0 Å². The molecule has 0 bridgehead atoms. The summed E-state index contributed by atoms with van der Waals surface area (Å²) in [5.41, 5.74) is 2.02. The van der Waals surface area contributed by atoms with Crippen LogP contribution < -0.4 is 10.6 Å². The number of nitrogens with zero attached hydrogens (tertiary/aromatic N) is 1. The molecule has 0 radical (unpaired) electrons. The number of rotatable bonds is 11. The van der Waals surface area contributed by atoms with Gasteiger partial charge in [0.05, 0.1) is 5.92 Å². The molecule has 0 aliphatic carbocycles. The first-order chi connectivity index (χ1) is 15.4. The average molecular weight is 437 g/mol. The molecule has 32 heavy (non-hydrogen) atoms. The van der Waals surface area contributed by atoms with E-state index in [0.717, 1.165) is 5.56 Å². The van der Waals surface area contributed by atoms with Crippen molar-refractivity contribution in [1.82, 2.24) is 15.6 Å². The first-order valence-electron chi connectivity index (χ1n) is 10.6. The number of hydrogen-bond donors (Lipinski definition) is 3. The molecule has 1 aromatic heterocycles. The van der Waals surface area contributed by atoms with Gasteiger partial charge < -0.3 is 20.2 Å². The molecule has 1 heterocycles. The molecule has 0 saturated carbocycles. The van der Waals surface area contributed by atoms with E-state index in [-0.39, 0.29) is 29.9 Å². The van der Waals surface area contributed by atoms with Gasteiger partial charge in [0.1, 0.15) is 5.52 Å². The number of benzene rings is 2. The number of para-hydroxylation sites is 2. The van der Waals surface area contributed by atoms with Gasteiger partial charge in [-0.25, -0.2) is 9.78 Å². The van der Waals surface area contributed by atoms with E-state index >= 15 is 0 Å². The molecule has 0 fully saturated rings. The Balaban J connectivity index is 1.60. The molecule has 0 aliphatic heterocycles. The van der Waals surface area contributed by atoms with Crippen LogP contribution in [0.2, 0.25) is 0 Å². The van der Waals surface area contributed by atoms with Crippen LogP contribution in [0.1, 0.15) is 48.4 Å². The molecule has 2 unspecified atom stereocenters. The summed E-state index contributed by atoms with van der Waals surface area (Å²) < 4.78 is 5.67. The zero-order chi connectivity index (χ0) is 22.9. The van der Waals surface area contributed by atoms with Gasteiger partial charge in [-0.3, -0.25) is 9.59 Å². The number of hydrogen-bond acceptors (Lipinski definition) is 5. The molecule has 3 aromatic rings. The highest BCUT2D eigenvalue weighted by molar-refractivity contribution is 5.99. The lowest BCUT2D eigenvalue weighted by molar-refractivity contribution is -0.121. The van der Waals surface area contributed by atoms with Crippen molar-refractivity contribution in [2.45, 2.75) is 32.1 Å². The Morgan fingerprint density at radius 3 is 2.38 bits per heavy atom. The number of amides is 2. The lowest BCUT2D eigenvalue weighted by Gasteiger charge is -2.16. The number of oxazole rings is 1. The minimum absolute atomic E-state index is 0.0353. The Kier molecular flexibility index (Phi) is 7.96. The van der Waals surface area contributed by atoms with Crippen LogP contribution >= 0.6 is 0 Å². The van der Waals surface area contributed by atoms with Crippen molar-refractivity contribution >= 4 is 28.9 Å². The third-order valence-electron chi connectivity index (χ3n) is 5.23. The van der Waals surface area contributed by atoms with Gasteiger partial charge in [-0.1, -0.05) is 49.4 Å². The van der Waals surface area contributed by atoms with Crippen LogP contribution in [0.15, 0.2) is 59.0 Å². The van der Waals surface area contributed by atoms with Gasteiger partial charge in [0, 0.05) is 19.5 Å². The van der Waals surface area contributed by atoms with Crippen LogP contribution in [-0.2, 0) is 4.79 Å². The number of fused-ring (bicyclic) bond motifs is 1. The maximum absolute atomic E-state index is 13.2. The molecule has 2 amide bonds. The van der Waals surface area contributed by atoms with Gasteiger partial charge in [0.15, 0.2) is 5.58 Å². The van der Waals surface area contributed by atoms with Gasteiger partial charge in [-0.2, -0.15) is 0 Å². The standard InChI is InChI=1S/C24H27N3O5/c1-16(11-13-26-24(30)31)15-21(28)25-14-12-18(17-7-3-2-4-8-17)22(29)23-27-19-9-5-6-10-20(19)32-23/h2-10,16,18,26H,11-15H2,1H3,(H,25,28)(H,30,31). The predicted molar refractivity (Wildman–Crippen MR) is 120 cm³/mol. The van der Waals surface area contributed by atoms with Gasteiger partial charge in [0.25, 0.3) is 5.89 Å². The molecule has 2 atom stereocenters. The Morgan fingerprint density at radius 2 is 1.66 bits per heavy atom. The maximum Gasteiger partial charge on any atom is 0.404 e. The van der Waals surface area contributed by atoms with Crippen LogP contribution in [0.3, 0.4) is 0 Å². The van der Waals surface area contributed by atoms with Gasteiger partial charge in [-0.05, 0) is 36.5 Å². The van der Waals surface area contributed by atoms with Crippen LogP contribution in [0.25, 0.3) is 11.1 Å². The molecule has 3 N–H and O–H groups in total. The molecule has 0 spiro atoms. The van der Waals surface area contributed by atoms with Crippen molar-refractivity contribution < 1.29 is 23.9 Å². The summed E-state index contributed by atoms with van der Waals surface area (Å²) in [5, 5.41) is 13.8. The second kappa shape index (κ2) is 11.1. The van der Waals surface area contributed by atoms with Gasteiger partial charge in [-0.15, -0.1) is 0 Å². The summed E-state index contributed by atoms with van der Waals surface area (Å²) in [5.74, 6) is -0.760. The average Bonchev–Trinajstić information content (AvgIpc) is 3.21. The molecular weight excluding hydrogens is 410 g/mol. The van der Waals surface area contributed by atoms with Crippen LogP contribution in [-0.4, -0.2) is 41.0 Å². The van der Waals surface area contributed by atoms with Gasteiger partial charge >= 0.3 is 6.09 Å². The summed E-state index contributed by atoms with van der Waals surface area (Å²) in [6, 6.07) is 16.6. The van der Waals surface area contributed by atoms with Crippen LogP contribution in [0.4, 0.5) is 4.79 Å². The molecule has 0 saturated heterocycles. The predicted octanol–water partition coefficient (Wildman–Crippen LogP) is 3.98. The molecule has 8 heteroatoms. The Hall–Kier alpha value is -3.68. The van der Waals surface area contributed by atoms with E-state index in [0.29, 0.717) is 37.0 Å². The number of aromatic nitrogens is 1. The Bertz CT molecular complexity index is 1030. The van der Waals surface area contributed by atoms with Crippen molar-refractivity contribution in [3.63, 3.8) is 0 Å². The zero-order valence-electron chi connectivity index (χ0n) is 17.9. The first kappa shape index (κ1) is 23.0. The number of carbonyl (C=O) groups is 3. The smallest absolute Gasteiger partial charge is 0.404 e. The monoisotopic (exact) mass is 437 g/mol. The summed E-state index contributed by atoms with van der Waals surface area (Å²) in [6.45, 7) is 2.52. The minimum atomic E-state index is -1.07. The summed E-state index contributed by atoms with van der Waals surface area (Å²) in [6.07, 6.45) is 0.193.